The molecule has 0 radical (unpaired) electrons. The van der Waals surface area contributed by atoms with Gasteiger partial charge in [0.05, 0.1) is 0 Å². The van der Waals surface area contributed by atoms with Gasteiger partial charge < -0.3 is 10.6 Å². The maximum Gasteiger partial charge on any atom is 0.343 e. The topological polar surface area (TPSA) is 89.6 Å². The van der Waals surface area contributed by atoms with Gasteiger partial charge in [-0.05, 0) is 6.92 Å². The fourth-order valence-corrected chi connectivity index (χ4v) is 1.15. The van der Waals surface area contributed by atoms with Gasteiger partial charge in [-0.15, -0.1) is 11.6 Å². The van der Waals surface area contributed by atoms with Crippen LogP contribution in [0, 0.1) is 0 Å². The van der Waals surface area contributed by atoms with Gasteiger partial charge in [0.2, 0.25) is 5.91 Å². The van der Waals surface area contributed by atoms with E-state index in [4.69, 9.17) is 22.2 Å². The molecule has 7 heteroatoms. The summed E-state index contributed by atoms with van der Waals surface area (Å²) < 4.78 is 15.0. The summed E-state index contributed by atoms with van der Waals surface area (Å²) in [6.07, 6.45) is -1.09. The Hall–Kier alpha value is -0.0900. The van der Waals surface area contributed by atoms with Crippen LogP contribution in [0.1, 0.15) is 6.92 Å². The summed E-state index contributed by atoms with van der Waals surface area (Å²) in [5, 5.41) is 0. The standard InChI is InChI=1S/C4H9ClNO4P/c1-3(4(6)7)10-11(8,9)2-5/h3H,2H2,1H3,(H2,6,7)(H,8,9). The zero-order chi connectivity index (χ0) is 9.07. The van der Waals surface area contributed by atoms with E-state index in [0.29, 0.717) is 0 Å². The van der Waals surface area contributed by atoms with Gasteiger partial charge in [-0.3, -0.25) is 13.9 Å². The zero-order valence-electron chi connectivity index (χ0n) is 5.86. The molecule has 0 spiro atoms. The molecule has 1 amide bonds. The van der Waals surface area contributed by atoms with Gasteiger partial charge in [0.1, 0.15) is 11.7 Å². The SMILES string of the molecule is CC(OP(=O)(O)CCl)C(N)=O. The molecule has 0 aliphatic rings. The van der Waals surface area contributed by atoms with Crippen LogP contribution in [-0.2, 0) is 13.9 Å². The van der Waals surface area contributed by atoms with Crippen molar-refractivity contribution in [1.29, 1.82) is 0 Å². The van der Waals surface area contributed by atoms with Gasteiger partial charge in [-0.1, -0.05) is 0 Å². The van der Waals surface area contributed by atoms with Gasteiger partial charge in [0.25, 0.3) is 0 Å². The van der Waals surface area contributed by atoms with Gasteiger partial charge in [-0.25, -0.2) is 0 Å². The van der Waals surface area contributed by atoms with E-state index in [1.54, 1.807) is 0 Å². The fourth-order valence-electron chi connectivity index (χ4n) is 0.327. The molecule has 0 aliphatic carbocycles. The molecule has 0 bridgehead atoms. The van der Waals surface area contributed by atoms with E-state index in [-0.39, 0.29) is 0 Å². The second kappa shape index (κ2) is 4.07. The Labute approximate surface area is 69.0 Å². The number of alkyl halides is 1. The highest BCUT2D eigenvalue weighted by Crippen LogP contribution is 2.43. The normalized spacial score (nSPS) is 18.8. The van der Waals surface area contributed by atoms with Crippen molar-refractivity contribution < 1.29 is 18.8 Å². The van der Waals surface area contributed by atoms with E-state index in [9.17, 15) is 9.36 Å². The third kappa shape index (κ3) is 4.37. The Morgan fingerprint density at radius 2 is 2.36 bits per heavy atom. The summed E-state index contributed by atoms with van der Waals surface area (Å²) in [6, 6.07) is 0. The third-order valence-corrected chi connectivity index (χ3v) is 2.73. The first-order valence-electron chi connectivity index (χ1n) is 2.74. The molecule has 0 aromatic carbocycles. The molecule has 0 saturated carbocycles. The lowest BCUT2D eigenvalue weighted by Crippen LogP contribution is -2.27. The highest BCUT2D eigenvalue weighted by Gasteiger charge is 2.23. The van der Waals surface area contributed by atoms with Gasteiger partial charge in [0, 0.05) is 0 Å². The number of primary amides is 1. The quantitative estimate of drug-likeness (QED) is 0.504. The monoisotopic (exact) mass is 201 g/mol. The van der Waals surface area contributed by atoms with Crippen molar-refractivity contribution in [2.45, 2.75) is 13.0 Å². The van der Waals surface area contributed by atoms with Crippen LogP contribution >= 0.6 is 19.2 Å². The molecule has 0 aliphatic heterocycles. The molecule has 66 valence electrons. The molecular weight excluding hydrogens is 192 g/mol. The van der Waals surface area contributed by atoms with Crippen LogP contribution in [0.5, 0.6) is 0 Å². The minimum Gasteiger partial charge on any atom is -0.367 e. The molecule has 0 fully saturated rings. The van der Waals surface area contributed by atoms with Crippen molar-refractivity contribution in [3.05, 3.63) is 0 Å². The second-order valence-electron chi connectivity index (χ2n) is 1.91. The smallest absolute Gasteiger partial charge is 0.343 e. The van der Waals surface area contributed by atoms with Crippen molar-refractivity contribution in [2.75, 3.05) is 5.62 Å². The molecular formula is C4H9ClNO4P. The number of halogens is 1. The lowest BCUT2D eigenvalue weighted by molar-refractivity contribution is -0.124. The van der Waals surface area contributed by atoms with Crippen molar-refractivity contribution >= 4 is 25.1 Å². The summed E-state index contributed by atoms with van der Waals surface area (Å²) in [5.74, 6) is -0.801. The predicted octanol–water partition coefficient (Wildman–Crippen LogP) is 0.259. The number of amides is 1. The number of hydrogen-bond donors (Lipinski definition) is 2. The summed E-state index contributed by atoms with van der Waals surface area (Å²) in [6.45, 7) is 1.28. The average molecular weight is 202 g/mol. The summed E-state index contributed by atoms with van der Waals surface area (Å²) in [7, 11) is -3.82. The van der Waals surface area contributed by atoms with Crippen LogP contribution in [0.4, 0.5) is 0 Å². The summed E-state index contributed by atoms with van der Waals surface area (Å²) >= 11 is 5.05. The van der Waals surface area contributed by atoms with Crippen LogP contribution in [-0.4, -0.2) is 22.5 Å². The van der Waals surface area contributed by atoms with Gasteiger partial charge in [0.15, 0.2) is 0 Å². The minimum absolute atomic E-state index is 0.551. The molecule has 3 N–H and O–H groups in total. The molecule has 2 unspecified atom stereocenters. The van der Waals surface area contributed by atoms with Gasteiger partial charge >= 0.3 is 7.60 Å². The van der Waals surface area contributed by atoms with E-state index in [2.05, 4.69) is 4.52 Å². The first kappa shape index (κ1) is 10.9. The Balaban J connectivity index is 4.04. The lowest BCUT2D eigenvalue weighted by Gasteiger charge is -2.12. The Morgan fingerprint density at radius 1 is 1.91 bits per heavy atom. The van der Waals surface area contributed by atoms with Crippen LogP contribution in [0.15, 0.2) is 0 Å². The Morgan fingerprint density at radius 3 is 2.64 bits per heavy atom. The summed E-state index contributed by atoms with van der Waals surface area (Å²) in [4.78, 5) is 19.1. The van der Waals surface area contributed by atoms with E-state index >= 15 is 0 Å². The number of nitrogens with two attached hydrogens (primary N) is 1. The van der Waals surface area contributed by atoms with E-state index in [1.165, 1.54) is 6.92 Å². The Kier molecular flexibility index (Phi) is 4.03. The van der Waals surface area contributed by atoms with Crippen molar-refractivity contribution in [3.8, 4) is 0 Å². The molecule has 0 aromatic rings. The van der Waals surface area contributed by atoms with Crippen LogP contribution < -0.4 is 5.73 Å². The van der Waals surface area contributed by atoms with Crippen molar-refractivity contribution in [2.24, 2.45) is 5.73 Å². The maximum atomic E-state index is 10.7. The van der Waals surface area contributed by atoms with E-state index in [1.807, 2.05) is 0 Å². The molecule has 0 saturated heterocycles. The first-order chi connectivity index (χ1) is 4.89. The molecule has 2 atom stereocenters. The van der Waals surface area contributed by atoms with Crippen LogP contribution in [0.3, 0.4) is 0 Å². The zero-order valence-corrected chi connectivity index (χ0v) is 7.51. The highest BCUT2D eigenvalue weighted by molar-refractivity contribution is 7.54. The summed E-state index contributed by atoms with van der Waals surface area (Å²) in [5.41, 5.74) is 4.21. The molecule has 11 heavy (non-hydrogen) atoms. The van der Waals surface area contributed by atoms with E-state index in [0.717, 1.165) is 0 Å². The fraction of sp³-hybridized carbons (Fsp3) is 0.750. The van der Waals surface area contributed by atoms with Crippen molar-refractivity contribution in [3.63, 3.8) is 0 Å². The predicted molar refractivity (Wildman–Crippen MR) is 40.3 cm³/mol. The number of carbonyl (C=O) groups excluding carboxylic acids is 1. The highest BCUT2D eigenvalue weighted by atomic mass is 35.5. The van der Waals surface area contributed by atoms with E-state index < -0.39 is 25.2 Å². The van der Waals surface area contributed by atoms with Crippen molar-refractivity contribution in [1.82, 2.24) is 0 Å². The third-order valence-electron chi connectivity index (χ3n) is 0.875. The lowest BCUT2D eigenvalue weighted by atomic mass is 10.4. The molecule has 0 rings (SSSR count). The van der Waals surface area contributed by atoms with Crippen LogP contribution in [0.2, 0.25) is 0 Å². The maximum absolute atomic E-state index is 10.7. The van der Waals surface area contributed by atoms with Gasteiger partial charge in [-0.2, -0.15) is 0 Å². The molecule has 5 nitrogen and oxygen atoms in total. The largest absolute Gasteiger partial charge is 0.367 e. The second-order valence-corrected chi connectivity index (χ2v) is 4.35. The average Bonchev–Trinajstić information content (AvgIpc) is 1.87. The Bertz CT molecular complexity index is 197. The van der Waals surface area contributed by atoms with Crippen LogP contribution in [0.25, 0.3) is 0 Å². The molecule has 0 heterocycles. The first-order valence-corrected chi connectivity index (χ1v) is 5.04. The minimum atomic E-state index is -3.82. The number of hydrogen-bond acceptors (Lipinski definition) is 3. The number of carbonyl (C=O) groups is 1. The number of rotatable bonds is 4. The molecule has 0 aromatic heterocycles.